The quantitative estimate of drug-likeness (QED) is 0.793. The molecule has 1 unspecified atom stereocenters. The number of nitrogens with zero attached hydrogens (tertiary/aromatic N) is 4. The molecule has 1 saturated heterocycles. The number of rotatable bonds is 6. The number of aromatic nitrogens is 2. The first-order chi connectivity index (χ1) is 9.06. The molecule has 1 N–H and O–H groups in total. The maximum absolute atomic E-state index is 10.5. The smallest absolute Gasteiger partial charge is 0.313 e. The van der Waals surface area contributed by atoms with E-state index in [0.717, 1.165) is 22.6 Å². The van der Waals surface area contributed by atoms with Gasteiger partial charge in [0.1, 0.15) is 0 Å². The van der Waals surface area contributed by atoms with Gasteiger partial charge < -0.3 is 14.9 Å². The van der Waals surface area contributed by atoms with Gasteiger partial charge in [0.2, 0.25) is 5.13 Å². The Morgan fingerprint density at radius 3 is 3.05 bits per heavy atom. The van der Waals surface area contributed by atoms with Crippen LogP contribution in [0, 0.1) is 0 Å². The van der Waals surface area contributed by atoms with Crippen LogP contribution in [0.2, 0.25) is 0 Å². The van der Waals surface area contributed by atoms with Gasteiger partial charge in [0, 0.05) is 19.1 Å². The lowest BCUT2D eigenvalue weighted by Crippen LogP contribution is -2.37. The number of anilines is 1. The van der Waals surface area contributed by atoms with Crippen LogP contribution in [0.25, 0.3) is 0 Å². The van der Waals surface area contributed by atoms with E-state index in [-0.39, 0.29) is 5.75 Å². The number of thioether (sulfide) groups is 1. The predicted molar refractivity (Wildman–Crippen MR) is 77.2 cm³/mol. The van der Waals surface area contributed by atoms with Crippen LogP contribution < -0.4 is 4.90 Å². The van der Waals surface area contributed by atoms with Crippen LogP contribution in [0.5, 0.6) is 0 Å². The lowest BCUT2D eigenvalue weighted by atomic mass is 10.2. The van der Waals surface area contributed by atoms with Gasteiger partial charge in [-0.05, 0) is 26.9 Å². The Labute approximate surface area is 120 Å². The summed E-state index contributed by atoms with van der Waals surface area (Å²) in [6, 6.07) is 0.486. The van der Waals surface area contributed by atoms with Crippen molar-refractivity contribution in [1.29, 1.82) is 0 Å². The van der Waals surface area contributed by atoms with Gasteiger partial charge in [-0.15, -0.1) is 10.2 Å². The number of hydrogen-bond acceptors (Lipinski definition) is 7. The molecule has 1 aromatic heterocycles. The van der Waals surface area contributed by atoms with E-state index < -0.39 is 5.97 Å². The number of aliphatic carboxylic acids is 1. The summed E-state index contributed by atoms with van der Waals surface area (Å²) in [4.78, 5) is 15.0. The highest BCUT2D eigenvalue weighted by atomic mass is 32.2. The van der Waals surface area contributed by atoms with Crippen molar-refractivity contribution >= 4 is 34.2 Å². The van der Waals surface area contributed by atoms with Gasteiger partial charge in [0.05, 0.1) is 5.75 Å². The summed E-state index contributed by atoms with van der Waals surface area (Å²) in [5, 5.41) is 17.8. The molecule has 1 aliphatic heterocycles. The largest absolute Gasteiger partial charge is 0.481 e. The van der Waals surface area contributed by atoms with Crippen LogP contribution in [0.3, 0.4) is 0 Å². The van der Waals surface area contributed by atoms with Crippen LogP contribution >= 0.6 is 23.1 Å². The predicted octanol–water partition coefficient (Wildman–Crippen LogP) is 1.25. The molecular weight excluding hydrogens is 284 g/mol. The van der Waals surface area contributed by atoms with Crippen molar-refractivity contribution in [3.63, 3.8) is 0 Å². The molecule has 19 heavy (non-hydrogen) atoms. The summed E-state index contributed by atoms with van der Waals surface area (Å²) in [6.45, 7) is 2.02. The first kappa shape index (κ1) is 14.5. The third kappa shape index (κ3) is 4.05. The monoisotopic (exact) mass is 302 g/mol. The summed E-state index contributed by atoms with van der Waals surface area (Å²) in [6.07, 6.45) is 2.35. The van der Waals surface area contributed by atoms with Gasteiger partial charge in [0.15, 0.2) is 4.34 Å². The minimum atomic E-state index is -0.826. The summed E-state index contributed by atoms with van der Waals surface area (Å²) in [5.41, 5.74) is 0. The lowest BCUT2D eigenvalue weighted by Gasteiger charge is -2.26. The fraction of sp³-hybridized carbons (Fsp3) is 0.727. The zero-order valence-electron chi connectivity index (χ0n) is 11.1. The Morgan fingerprint density at radius 1 is 1.58 bits per heavy atom. The van der Waals surface area contributed by atoms with E-state index in [4.69, 9.17) is 5.11 Å². The van der Waals surface area contributed by atoms with Crippen molar-refractivity contribution in [3.05, 3.63) is 0 Å². The molecule has 6 nitrogen and oxygen atoms in total. The van der Waals surface area contributed by atoms with Gasteiger partial charge >= 0.3 is 5.97 Å². The molecule has 8 heteroatoms. The zero-order chi connectivity index (χ0) is 13.8. The van der Waals surface area contributed by atoms with Crippen molar-refractivity contribution < 1.29 is 9.90 Å². The van der Waals surface area contributed by atoms with Crippen LogP contribution in [-0.4, -0.2) is 65.2 Å². The SMILES string of the molecule is CN(C)CC1CCCN1c1nnc(SCC(=O)O)s1. The molecule has 0 bridgehead atoms. The molecule has 1 aromatic rings. The molecule has 0 saturated carbocycles. The molecule has 1 atom stereocenters. The Bertz CT molecular complexity index is 438. The van der Waals surface area contributed by atoms with E-state index in [9.17, 15) is 4.79 Å². The minimum Gasteiger partial charge on any atom is -0.481 e. The summed E-state index contributed by atoms with van der Waals surface area (Å²) in [5.74, 6) is -0.788. The highest BCUT2D eigenvalue weighted by molar-refractivity contribution is 8.01. The molecule has 2 rings (SSSR count). The minimum absolute atomic E-state index is 0.0375. The maximum atomic E-state index is 10.5. The van der Waals surface area contributed by atoms with E-state index in [2.05, 4.69) is 34.1 Å². The van der Waals surface area contributed by atoms with Gasteiger partial charge in [-0.3, -0.25) is 4.79 Å². The molecule has 1 aliphatic rings. The highest BCUT2D eigenvalue weighted by Gasteiger charge is 2.27. The van der Waals surface area contributed by atoms with Crippen molar-refractivity contribution in [2.45, 2.75) is 23.2 Å². The first-order valence-electron chi connectivity index (χ1n) is 6.15. The molecule has 0 aromatic carbocycles. The van der Waals surface area contributed by atoms with E-state index in [1.807, 2.05) is 0 Å². The van der Waals surface area contributed by atoms with Gasteiger partial charge in [-0.1, -0.05) is 23.1 Å². The van der Waals surface area contributed by atoms with Gasteiger partial charge in [0.25, 0.3) is 0 Å². The van der Waals surface area contributed by atoms with Crippen LogP contribution in [-0.2, 0) is 4.79 Å². The first-order valence-corrected chi connectivity index (χ1v) is 7.96. The molecule has 2 heterocycles. The third-order valence-electron chi connectivity index (χ3n) is 2.91. The van der Waals surface area contributed by atoms with Crippen LogP contribution in [0.1, 0.15) is 12.8 Å². The Balaban J connectivity index is 1.98. The fourth-order valence-corrected chi connectivity index (χ4v) is 3.86. The average molecular weight is 302 g/mol. The van der Waals surface area contributed by atoms with Crippen LogP contribution in [0.15, 0.2) is 4.34 Å². The van der Waals surface area contributed by atoms with Crippen molar-refractivity contribution in [3.8, 4) is 0 Å². The number of carboxylic acid groups (broad SMARTS) is 1. The number of hydrogen-bond donors (Lipinski definition) is 1. The lowest BCUT2D eigenvalue weighted by molar-refractivity contribution is -0.133. The summed E-state index contributed by atoms with van der Waals surface area (Å²) >= 11 is 2.72. The zero-order valence-corrected chi connectivity index (χ0v) is 12.7. The molecule has 0 radical (unpaired) electrons. The molecule has 0 amide bonds. The molecule has 0 spiro atoms. The van der Waals surface area contributed by atoms with Gasteiger partial charge in [-0.25, -0.2) is 0 Å². The Morgan fingerprint density at radius 2 is 2.37 bits per heavy atom. The van der Waals surface area contributed by atoms with E-state index in [1.165, 1.54) is 35.9 Å². The van der Waals surface area contributed by atoms with Crippen molar-refractivity contribution in [2.75, 3.05) is 37.8 Å². The molecule has 0 aliphatic carbocycles. The second-order valence-corrected chi connectivity index (χ2v) is 6.96. The standard InChI is InChI=1S/C11H18N4O2S2/c1-14(2)6-8-4-3-5-15(8)10-12-13-11(19-10)18-7-9(16)17/h8H,3-7H2,1-2H3,(H,16,17). The van der Waals surface area contributed by atoms with E-state index >= 15 is 0 Å². The topological polar surface area (TPSA) is 69.6 Å². The van der Waals surface area contributed by atoms with Crippen LogP contribution in [0.4, 0.5) is 5.13 Å². The maximum Gasteiger partial charge on any atom is 0.313 e. The van der Waals surface area contributed by atoms with Crippen molar-refractivity contribution in [1.82, 2.24) is 15.1 Å². The fourth-order valence-electron chi connectivity index (χ4n) is 2.20. The van der Waals surface area contributed by atoms with E-state index in [1.54, 1.807) is 0 Å². The second kappa shape index (κ2) is 6.53. The molecule has 106 valence electrons. The van der Waals surface area contributed by atoms with Crippen molar-refractivity contribution in [2.24, 2.45) is 0 Å². The number of carbonyl (C=O) groups is 1. The summed E-state index contributed by atoms with van der Waals surface area (Å²) < 4.78 is 0.730. The summed E-state index contributed by atoms with van der Waals surface area (Å²) in [7, 11) is 4.15. The number of carboxylic acids is 1. The number of likely N-dealkylation sites (N-methyl/N-ethyl adjacent to an activating group) is 1. The Kier molecular flexibility index (Phi) is 5.00. The average Bonchev–Trinajstić information content (AvgIpc) is 2.93. The normalized spacial score (nSPS) is 19.3. The molecule has 1 fully saturated rings. The third-order valence-corrected chi connectivity index (χ3v) is 4.99. The van der Waals surface area contributed by atoms with E-state index in [0.29, 0.717) is 6.04 Å². The second-order valence-electron chi connectivity index (χ2n) is 4.78. The Hall–Kier alpha value is -0.860. The molecular formula is C11H18N4O2S2. The highest BCUT2D eigenvalue weighted by Crippen LogP contribution is 2.32. The van der Waals surface area contributed by atoms with Gasteiger partial charge in [-0.2, -0.15) is 0 Å².